The lowest BCUT2D eigenvalue weighted by molar-refractivity contribution is -0.137. The number of carbonyl (C=O) groups excluding carboxylic acids is 1. The van der Waals surface area contributed by atoms with Crippen molar-refractivity contribution in [3.63, 3.8) is 0 Å². The van der Waals surface area contributed by atoms with Gasteiger partial charge in [0.25, 0.3) is 5.22 Å². The number of alkyl halides is 3. The number of amides is 1. The first-order valence-electron chi connectivity index (χ1n) is 8.38. The van der Waals surface area contributed by atoms with E-state index in [0.717, 1.165) is 35.0 Å². The number of thioether (sulfide) groups is 1. The number of hydrogen-bond donors (Lipinski definition) is 1. The summed E-state index contributed by atoms with van der Waals surface area (Å²) in [5.41, 5.74) is 0.758. The topological polar surface area (TPSA) is 68.0 Å². The molecule has 152 valence electrons. The van der Waals surface area contributed by atoms with E-state index in [4.69, 9.17) is 16.0 Å². The molecule has 1 atom stereocenters. The Bertz CT molecular complexity index is 1040. The van der Waals surface area contributed by atoms with E-state index in [1.54, 1.807) is 6.92 Å². The molecule has 0 aliphatic rings. The molecule has 1 heterocycles. The van der Waals surface area contributed by atoms with Crippen LogP contribution in [0.15, 0.2) is 52.1 Å². The van der Waals surface area contributed by atoms with Crippen molar-refractivity contribution in [1.82, 2.24) is 10.2 Å². The highest BCUT2D eigenvalue weighted by Crippen LogP contribution is 2.36. The van der Waals surface area contributed by atoms with Gasteiger partial charge in [0.05, 0.1) is 15.8 Å². The van der Waals surface area contributed by atoms with Crippen molar-refractivity contribution in [2.75, 3.05) is 5.32 Å². The van der Waals surface area contributed by atoms with E-state index >= 15 is 0 Å². The van der Waals surface area contributed by atoms with Gasteiger partial charge in [-0.2, -0.15) is 13.2 Å². The van der Waals surface area contributed by atoms with E-state index in [9.17, 15) is 18.0 Å². The predicted octanol–water partition coefficient (Wildman–Crippen LogP) is 5.84. The monoisotopic (exact) mass is 441 g/mol. The van der Waals surface area contributed by atoms with Gasteiger partial charge < -0.3 is 9.73 Å². The molecule has 0 spiro atoms. The summed E-state index contributed by atoms with van der Waals surface area (Å²) in [5, 5.41) is 9.36. The molecule has 0 radical (unpaired) electrons. The fraction of sp³-hybridized carbons (Fsp3) is 0.211. The number of aromatic nitrogens is 2. The lowest BCUT2D eigenvalue weighted by Crippen LogP contribution is -2.22. The van der Waals surface area contributed by atoms with E-state index in [2.05, 4.69) is 15.5 Å². The summed E-state index contributed by atoms with van der Waals surface area (Å²) in [7, 11) is 0. The van der Waals surface area contributed by atoms with Crippen LogP contribution < -0.4 is 5.32 Å². The molecule has 0 aliphatic carbocycles. The van der Waals surface area contributed by atoms with Gasteiger partial charge in [-0.1, -0.05) is 41.1 Å². The van der Waals surface area contributed by atoms with Gasteiger partial charge in [-0.05, 0) is 44.2 Å². The molecular weight excluding hydrogens is 427 g/mol. The normalized spacial score (nSPS) is 12.6. The van der Waals surface area contributed by atoms with Gasteiger partial charge in [-0.25, -0.2) is 0 Å². The number of halogens is 4. The number of hydrogen-bond acceptors (Lipinski definition) is 5. The third-order valence-electron chi connectivity index (χ3n) is 3.86. The minimum absolute atomic E-state index is 0.00912. The van der Waals surface area contributed by atoms with E-state index in [0.29, 0.717) is 5.89 Å². The Labute approximate surface area is 173 Å². The lowest BCUT2D eigenvalue weighted by atomic mass is 10.1. The Balaban J connectivity index is 1.67. The zero-order chi connectivity index (χ0) is 21.2. The Morgan fingerprint density at radius 2 is 1.97 bits per heavy atom. The molecule has 0 fully saturated rings. The van der Waals surface area contributed by atoms with Gasteiger partial charge in [-0.15, -0.1) is 10.2 Å². The van der Waals surface area contributed by atoms with Gasteiger partial charge >= 0.3 is 6.18 Å². The van der Waals surface area contributed by atoms with Crippen molar-refractivity contribution in [3.05, 3.63) is 58.6 Å². The molecule has 0 saturated heterocycles. The Hall–Kier alpha value is -2.52. The second-order valence-electron chi connectivity index (χ2n) is 6.18. The average Bonchev–Trinajstić information content (AvgIpc) is 3.11. The smallest absolute Gasteiger partial charge is 0.411 e. The molecule has 0 saturated carbocycles. The first kappa shape index (κ1) is 21.2. The van der Waals surface area contributed by atoms with Gasteiger partial charge in [0, 0.05) is 11.3 Å². The molecule has 3 aromatic rings. The van der Waals surface area contributed by atoms with Crippen LogP contribution in [0.25, 0.3) is 11.5 Å². The van der Waals surface area contributed by atoms with Crippen molar-refractivity contribution in [1.29, 1.82) is 0 Å². The van der Waals surface area contributed by atoms with Crippen LogP contribution in [-0.4, -0.2) is 21.4 Å². The fourth-order valence-corrected chi connectivity index (χ4v) is 3.33. The van der Waals surface area contributed by atoms with E-state index in [1.165, 1.54) is 6.07 Å². The van der Waals surface area contributed by atoms with Crippen molar-refractivity contribution in [3.8, 4) is 11.5 Å². The average molecular weight is 442 g/mol. The van der Waals surface area contributed by atoms with Gasteiger partial charge in [0.2, 0.25) is 11.8 Å². The van der Waals surface area contributed by atoms with E-state index < -0.39 is 27.9 Å². The van der Waals surface area contributed by atoms with Crippen LogP contribution in [0.2, 0.25) is 5.02 Å². The van der Waals surface area contributed by atoms with Crippen LogP contribution in [0.3, 0.4) is 0 Å². The lowest BCUT2D eigenvalue weighted by Gasteiger charge is -2.13. The number of carbonyl (C=O) groups is 1. The molecule has 10 heteroatoms. The highest BCUT2D eigenvalue weighted by atomic mass is 35.5. The van der Waals surface area contributed by atoms with Crippen molar-refractivity contribution in [2.24, 2.45) is 0 Å². The van der Waals surface area contributed by atoms with Gasteiger partial charge in [-0.3, -0.25) is 4.79 Å². The molecular formula is C19H15ClF3N3O2S. The van der Waals surface area contributed by atoms with E-state index in [1.807, 2.05) is 31.2 Å². The maximum Gasteiger partial charge on any atom is 0.417 e. The Morgan fingerprint density at radius 3 is 2.66 bits per heavy atom. The fourth-order valence-electron chi connectivity index (χ4n) is 2.42. The highest BCUT2D eigenvalue weighted by Gasteiger charge is 2.33. The van der Waals surface area contributed by atoms with Crippen molar-refractivity contribution < 1.29 is 22.4 Å². The number of rotatable bonds is 5. The minimum atomic E-state index is -4.62. The molecule has 1 amide bonds. The van der Waals surface area contributed by atoms with Crippen LogP contribution in [0.1, 0.15) is 18.1 Å². The van der Waals surface area contributed by atoms with Gasteiger partial charge in [0.1, 0.15) is 0 Å². The van der Waals surface area contributed by atoms with Crippen LogP contribution in [-0.2, 0) is 11.0 Å². The van der Waals surface area contributed by atoms with Crippen molar-refractivity contribution in [2.45, 2.75) is 30.5 Å². The summed E-state index contributed by atoms with van der Waals surface area (Å²) in [6.45, 7) is 3.51. The second-order valence-corrected chi connectivity index (χ2v) is 7.88. The maximum atomic E-state index is 13.0. The summed E-state index contributed by atoms with van der Waals surface area (Å²) >= 11 is 6.59. The second kappa shape index (κ2) is 8.46. The summed E-state index contributed by atoms with van der Waals surface area (Å²) in [6, 6.07) is 10.7. The van der Waals surface area contributed by atoms with Gasteiger partial charge in [0.15, 0.2) is 0 Å². The zero-order valence-electron chi connectivity index (χ0n) is 15.2. The molecule has 3 rings (SSSR count). The molecule has 1 unspecified atom stereocenters. The molecule has 29 heavy (non-hydrogen) atoms. The number of anilines is 1. The number of nitrogens with one attached hydrogen (secondary N) is 1. The zero-order valence-corrected chi connectivity index (χ0v) is 16.8. The van der Waals surface area contributed by atoms with Crippen LogP contribution in [0.5, 0.6) is 0 Å². The molecule has 1 aromatic heterocycles. The molecule has 1 N–H and O–H groups in total. The van der Waals surface area contributed by atoms with Crippen molar-refractivity contribution >= 4 is 35.0 Å². The third-order valence-corrected chi connectivity index (χ3v) is 5.12. The van der Waals surface area contributed by atoms with Crippen LogP contribution in [0, 0.1) is 6.92 Å². The summed E-state index contributed by atoms with van der Waals surface area (Å²) in [5.74, 6) is -0.197. The minimum Gasteiger partial charge on any atom is -0.411 e. The Kier molecular flexibility index (Phi) is 6.18. The largest absolute Gasteiger partial charge is 0.417 e. The summed E-state index contributed by atoms with van der Waals surface area (Å²) < 4.78 is 44.4. The predicted molar refractivity (Wildman–Crippen MR) is 105 cm³/mol. The quantitative estimate of drug-likeness (QED) is 0.504. The van der Waals surface area contributed by atoms with Crippen LogP contribution in [0.4, 0.5) is 18.9 Å². The standard InChI is InChI=1S/C19H15ClF3N3O2S/c1-10-4-3-5-12(8-10)17-25-26-18(28-17)29-11(2)16(27)24-13-6-7-15(20)14(9-13)19(21,22)23/h3-9,11H,1-2H3,(H,24,27). The van der Waals surface area contributed by atoms with E-state index in [-0.39, 0.29) is 10.9 Å². The molecule has 0 aliphatic heterocycles. The molecule has 5 nitrogen and oxygen atoms in total. The first-order valence-corrected chi connectivity index (χ1v) is 9.64. The number of benzene rings is 2. The highest BCUT2D eigenvalue weighted by molar-refractivity contribution is 8.00. The molecule has 2 aromatic carbocycles. The first-order chi connectivity index (χ1) is 13.6. The SMILES string of the molecule is Cc1cccc(-c2nnc(SC(C)C(=O)Nc3ccc(Cl)c(C(F)(F)F)c3)o2)c1. The molecule has 0 bridgehead atoms. The maximum absolute atomic E-state index is 13.0. The summed E-state index contributed by atoms with van der Waals surface area (Å²) in [4.78, 5) is 12.3. The number of aryl methyl sites for hydroxylation is 1. The Morgan fingerprint density at radius 1 is 1.21 bits per heavy atom. The number of nitrogens with zero attached hydrogens (tertiary/aromatic N) is 2. The van der Waals surface area contributed by atoms with Crippen LogP contribution >= 0.6 is 23.4 Å². The third kappa shape index (κ3) is 5.30. The summed E-state index contributed by atoms with van der Waals surface area (Å²) in [6.07, 6.45) is -4.62.